The molecule has 1 spiro atoms. The molecule has 0 amide bonds. The summed E-state index contributed by atoms with van der Waals surface area (Å²) in [6, 6.07) is 4.79. The minimum Gasteiger partial charge on any atom is -0.493 e. The number of hydrogen-bond donors (Lipinski definition) is 1. The van der Waals surface area contributed by atoms with E-state index in [2.05, 4.69) is 23.2 Å². The Balaban J connectivity index is 1.80. The first-order valence-electron chi connectivity index (χ1n) is 8.48. The van der Waals surface area contributed by atoms with E-state index < -0.39 is 0 Å². The third kappa shape index (κ3) is 1.45. The lowest BCUT2D eigenvalue weighted by molar-refractivity contribution is -0.00803. The van der Waals surface area contributed by atoms with Crippen LogP contribution in [0.4, 0.5) is 0 Å². The van der Waals surface area contributed by atoms with Gasteiger partial charge in [-0.2, -0.15) is 0 Å². The highest BCUT2D eigenvalue weighted by atomic mass is 16.5. The van der Waals surface area contributed by atoms with Gasteiger partial charge in [0, 0.05) is 17.0 Å². The average Bonchev–Trinajstić information content (AvgIpc) is 2.92. The molecule has 2 fully saturated rings. The molecule has 1 aromatic rings. The van der Waals surface area contributed by atoms with Crippen molar-refractivity contribution in [3.63, 3.8) is 0 Å². The van der Waals surface area contributed by atoms with Gasteiger partial charge in [0.1, 0.15) is 0 Å². The number of likely N-dealkylation sites (tertiary alicyclic amines) is 1. The van der Waals surface area contributed by atoms with Gasteiger partial charge in [-0.15, -0.1) is 0 Å². The molecule has 4 atom stereocenters. The predicted octanol–water partition coefficient (Wildman–Crippen LogP) is 2.19. The third-order valence-electron chi connectivity index (χ3n) is 6.74. The van der Waals surface area contributed by atoms with Gasteiger partial charge in [-0.3, -0.25) is 0 Å². The van der Waals surface area contributed by atoms with Crippen molar-refractivity contribution in [1.29, 1.82) is 0 Å². The summed E-state index contributed by atoms with van der Waals surface area (Å²) in [5, 5.41) is 13.1. The first-order valence-corrected chi connectivity index (χ1v) is 8.48. The fraction of sp³-hybridized carbons (Fsp3) is 0.611. The number of oxime groups is 1. The van der Waals surface area contributed by atoms with Gasteiger partial charge in [-0.25, -0.2) is 0 Å². The minimum absolute atomic E-state index is 0.0333. The molecule has 0 unspecified atom stereocenters. The highest BCUT2D eigenvalue weighted by molar-refractivity contribution is 5.93. The van der Waals surface area contributed by atoms with Crippen molar-refractivity contribution in [2.24, 2.45) is 11.1 Å². The molecule has 1 N–H and O–H groups in total. The molecule has 5 nitrogen and oxygen atoms in total. The molecule has 1 saturated carbocycles. The van der Waals surface area contributed by atoms with Crippen LogP contribution in [0.25, 0.3) is 0 Å². The Morgan fingerprint density at radius 1 is 1.43 bits per heavy atom. The second-order valence-electron chi connectivity index (χ2n) is 7.41. The van der Waals surface area contributed by atoms with Gasteiger partial charge in [0.2, 0.25) is 0 Å². The van der Waals surface area contributed by atoms with Gasteiger partial charge in [0.15, 0.2) is 17.6 Å². The van der Waals surface area contributed by atoms with Gasteiger partial charge >= 0.3 is 0 Å². The van der Waals surface area contributed by atoms with E-state index in [0.29, 0.717) is 12.0 Å². The lowest BCUT2D eigenvalue weighted by Gasteiger charge is -2.57. The van der Waals surface area contributed by atoms with E-state index in [1.165, 1.54) is 11.1 Å². The van der Waals surface area contributed by atoms with Crippen LogP contribution in [0.3, 0.4) is 0 Å². The number of hydrogen-bond acceptors (Lipinski definition) is 5. The maximum Gasteiger partial charge on any atom is 0.166 e. The number of ether oxygens (including phenoxy) is 2. The molecular weight excluding hydrogens is 292 g/mol. The van der Waals surface area contributed by atoms with Crippen LogP contribution in [0.5, 0.6) is 11.5 Å². The maximum atomic E-state index is 9.53. The Morgan fingerprint density at radius 2 is 2.30 bits per heavy atom. The third-order valence-corrected chi connectivity index (χ3v) is 6.74. The Bertz CT molecular complexity index is 716. The lowest BCUT2D eigenvalue weighted by Crippen LogP contribution is -2.65. The quantitative estimate of drug-likeness (QED) is 0.638. The second-order valence-corrected chi connectivity index (χ2v) is 7.41. The van der Waals surface area contributed by atoms with Crippen LogP contribution in [-0.4, -0.2) is 48.7 Å². The van der Waals surface area contributed by atoms with Crippen molar-refractivity contribution in [2.75, 3.05) is 20.7 Å². The van der Waals surface area contributed by atoms with Gasteiger partial charge in [-0.1, -0.05) is 11.2 Å². The first kappa shape index (κ1) is 13.7. The van der Waals surface area contributed by atoms with E-state index in [0.717, 1.165) is 49.4 Å². The van der Waals surface area contributed by atoms with E-state index >= 15 is 0 Å². The number of benzene rings is 1. The molecule has 2 aliphatic carbocycles. The molecule has 5 heteroatoms. The van der Waals surface area contributed by atoms with Gasteiger partial charge in [-0.05, 0) is 56.8 Å². The Hall–Kier alpha value is -1.75. The highest BCUT2D eigenvalue weighted by Gasteiger charge is 2.65. The van der Waals surface area contributed by atoms with Crippen LogP contribution < -0.4 is 9.47 Å². The summed E-state index contributed by atoms with van der Waals surface area (Å²) in [5.74, 6) is 2.27. The monoisotopic (exact) mass is 314 g/mol. The van der Waals surface area contributed by atoms with Gasteiger partial charge in [0.05, 0.1) is 12.8 Å². The first-order chi connectivity index (χ1) is 11.2. The Kier molecular flexibility index (Phi) is 2.62. The normalized spacial score (nSPS) is 39.0. The highest BCUT2D eigenvalue weighted by Crippen LogP contribution is 2.63. The number of rotatable bonds is 1. The number of piperidine rings is 1. The molecule has 122 valence electrons. The molecule has 5 rings (SSSR count). The van der Waals surface area contributed by atoms with E-state index in [4.69, 9.17) is 9.47 Å². The van der Waals surface area contributed by atoms with Crippen molar-refractivity contribution < 1.29 is 14.7 Å². The summed E-state index contributed by atoms with van der Waals surface area (Å²) in [7, 11) is 3.94. The van der Waals surface area contributed by atoms with Crippen LogP contribution in [0.15, 0.2) is 17.3 Å². The smallest absolute Gasteiger partial charge is 0.166 e. The van der Waals surface area contributed by atoms with Crippen LogP contribution in [0, 0.1) is 5.92 Å². The van der Waals surface area contributed by atoms with E-state index in [1.54, 1.807) is 7.11 Å². The van der Waals surface area contributed by atoms with Crippen molar-refractivity contribution in [3.05, 3.63) is 23.3 Å². The SMILES string of the molecule is COc1ccc2c3c1O[C@H]1/C(=N\O)CC[C@H]4[C@@H](C2)N(C)CC[C@]314. The Labute approximate surface area is 135 Å². The second kappa shape index (κ2) is 4.41. The van der Waals surface area contributed by atoms with Crippen LogP contribution in [0.1, 0.15) is 30.4 Å². The van der Waals surface area contributed by atoms with Crippen molar-refractivity contribution in [3.8, 4) is 11.5 Å². The molecular formula is C18H22N2O3. The largest absolute Gasteiger partial charge is 0.493 e. The lowest BCUT2D eigenvalue weighted by atomic mass is 9.51. The van der Waals surface area contributed by atoms with Crippen LogP contribution >= 0.6 is 0 Å². The van der Waals surface area contributed by atoms with Gasteiger partial charge in [0.25, 0.3) is 0 Å². The van der Waals surface area contributed by atoms with Crippen molar-refractivity contribution in [2.45, 2.75) is 43.2 Å². The number of likely N-dealkylation sites (N-methyl/N-ethyl adjacent to an activating group) is 1. The Morgan fingerprint density at radius 3 is 3.09 bits per heavy atom. The van der Waals surface area contributed by atoms with Crippen LogP contribution in [-0.2, 0) is 11.8 Å². The molecule has 2 heterocycles. The summed E-state index contributed by atoms with van der Waals surface area (Å²) in [4.78, 5) is 2.51. The van der Waals surface area contributed by atoms with E-state index in [1.807, 2.05) is 6.07 Å². The van der Waals surface area contributed by atoms with E-state index in [9.17, 15) is 5.21 Å². The molecule has 2 bridgehead atoms. The summed E-state index contributed by atoms with van der Waals surface area (Å²) in [6.07, 6.45) is 3.90. The summed E-state index contributed by atoms with van der Waals surface area (Å²) >= 11 is 0. The number of nitrogens with zero attached hydrogens (tertiary/aromatic N) is 2. The summed E-state index contributed by atoms with van der Waals surface area (Å²) < 4.78 is 12.0. The molecule has 4 aliphatic rings. The van der Waals surface area contributed by atoms with Crippen molar-refractivity contribution >= 4 is 5.71 Å². The fourth-order valence-electron chi connectivity index (χ4n) is 5.79. The average molecular weight is 314 g/mol. The van der Waals surface area contributed by atoms with Crippen molar-refractivity contribution in [1.82, 2.24) is 4.90 Å². The fourth-order valence-corrected chi connectivity index (χ4v) is 5.79. The number of methoxy groups -OCH3 is 1. The molecule has 0 radical (unpaired) electrons. The zero-order chi connectivity index (χ0) is 15.8. The standard InChI is InChI=1S/C18H22N2O3/c1-20-8-7-18-11-4-5-12(19-21)17(18)23-16-14(22-2)6-3-10(15(16)18)9-13(11)20/h3,6,11,13,17,21H,4-5,7-9H2,1-2H3/b19-12-/t11-,13+,17-,18-/m0/s1. The summed E-state index contributed by atoms with van der Waals surface area (Å²) in [5.41, 5.74) is 3.50. The predicted molar refractivity (Wildman–Crippen MR) is 85.8 cm³/mol. The zero-order valence-corrected chi connectivity index (χ0v) is 13.6. The minimum atomic E-state index is -0.132. The van der Waals surface area contributed by atoms with Crippen LogP contribution in [0.2, 0.25) is 0 Å². The zero-order valence-electron chi connectivity index (χ0n) is 13.6. The molecule has 2 aliphatic heterocycles. The molecule has 23 heavy (non-hydrogen) atoms. The molecule has 1 aromatic carbocycles. The molecule has 1 saturated heterocycles. The van der Waals surface area contributed by atoms with Gasteiger partial charge < -0.3 is 19.6 Å². The molecule has 0 aromatic heterocycles. The maximum absolute atomic E-state index is 9.53. The topological polar surface area (TPSA) is 54.3 Å². The summed E-state index contributed by atoms with van der Waals surface area (Å²) in [6.45, 7) is 1.07. The van der Waals surface area contributed by atoms with E-state index in [-0.39, 0.29) is 11.5 Å².